The van der Waals surface area contributed by atoms with Crippen LogP contribution < -0.4 is 5.73 Å². The number of carbonyl (C=O) groups excluding carboxylic acids is 1. The molecule has 7 heteroatoms. The quantitative estimate of drug-likeness (QED) is 0.709. The summed E-state index contributed by atoms with van der Waals surface area (Å²) in [5.74, 6) is 0.453. The number of rotatable bonds is 5. The Morgan fingerprint density at radius 3 is 2.74 bits per heavy atom. The first-order valence-corrected chi connectivity index (χ1v) is 8.09. The summed E-state index contributed by atoms with van der Waals surface area (Å²) in [6, 6.07) is 3.19. The Morgan fingerprint density at radius 2 is 2.17 bits per heavy atom. The maximum Gasteiger partial charge on any atom is 0.289 e. The number of hydrogen-bond acceptors (Lipinski definition) is 6. The number of likely N-dealkylation sites (tertiary alicyclic amines) is 1. The van der Waals surface area contributed by atoms with Gasteiger partial charge in [-0.3, -0.25) is 4.79 Å². The van der Waals surface area contributed by atoms with Gasteiger partial charge in [-0.2, -0.15) is 0 Å². The van der Waals surface area contributed by atoms with E-state index < -0.39 is 0 Å². The molecule has 2 heterocycles. The lowest BCUT2D eigenvalue weighted by Gasteiger charge is -2.56. The Kier molecular flexibility index (Phi) is 4.72. The normalized spacial score (nSPS) is 26.3. The number of aliphatic hydroxyl groups excluding tert-OH is 2. The number of ether oxygens (including phenoxy) is 1. The molecule has 128 valence electrons. The molecular formula is C16H24N2O5. The molecule has 1 aliphatic carbocycles. The van der Waals surface area contributed by atoms with Crippen molar-refractivity contribution in [1.82, 2.24) is 4.90 Å². The van der Waals surface area contributed by atoms with Crippen molar-refractivity contribution >= 4 is 5.91 Å². The third-order valence-corrected chi connectivity index (χ3v) is 5.19. The number of furan rings is 1. The minimum Gasteiger partial charge on any atom is -0.453 e. The van der Waals surface area contributed by atoms with Gasteiger partial charge in [0.2, 0.25) is 0 Å². The molecule has 1 aromatic heterocycles. The van der Waals surface area contributed by atoms with Gasteiger partial charge in [-0.1, -0.05) is 0 Å². The van der Waals surface area contributed by atoms with Crippen molar-refractivity contribution in [3.8, 4) is 0 Å². The molecular weight excluding hydrogens is 300 g/mol. The Bertz CT molecular complexity index is 550. The van der Waals surface area contributed by atoms with Crippen LogP contribution in [0.3, 0.4) is 0 Å². The first kappa shape index (κ1) is 16.4. The maximum absolute atomic E-state index is 12.4. The Labute approximate surface area is 135 Å². The second-order valence-corrected chi connectivity index (χ2v) is 6.35. The van der Waals surface area contributed by atoms with Gasteiger partial charge in [0.1, 0.15) is 12.4 Å². The van der Waals surface area contributed by atoms with Crippen molar-refractivity contribution in [2.75, 3.05) is 26.2 Å². The largest absolute Gasteiger partial charge is 0.453 e. The van der Waals surface area contributed by atoms with Crippen molar-refractivity contribution in [2.24, 2.45) is 11.1 Å². The molecule has 2 atom stereocenters. The highest BCUT2D eigenvalue weighted by Gasteiger charge is 2.56. The number of hydrogen-bond donors (Lipinski definition) is 3. The summed E-state index contributed by atoms with van der Waals surface area (Å²) < 4.78 is 11.1. The van der Waals surface area contributed by atoms with Gasteiger partial charge in [-0.15, -0.1) is 0 Å². The van der Waals surface area contributed by atoms with E-state index in [0.29, 0.717) is 51.3 Å². The molecule has 0 unspecified atom stereocenters. The molecule has 0 bridgehead atoms. The second kappa shape index (κ2) is 6.60. The van der Waals surface area contributed by atoms with Crippen LogP contribution in [0.2, 0.25) is 0 Å². The fourth-order valence-corrected chi connectivity index (χ4v) is 3.69. The van der Waals surface area contributed by atoms with Crippen LogP contribution in [-0.2, 0) is 11.3 Å². The number of carbonyl (C=O) groups is 1. The second-order valence-electron chi connectivity index (χ2n) is 6.35. The lowest BCUT2D eigenvalue weighted by atomic mass is 9.58. The van der Waals surface area contributed by atoms with Gasteiger partial charge in [0, 0.05) is 31.5 Å². The van der Waals surface area contributed by atoms with Crippen LogP contribution in [0.5, 0.6) is 0 Å². The van der Waals surface area contributed by atoms with Crippen molar-refractivity contribution in [3.05, 3.63) is 23.7 Å². The molecule has 2 aliphatic rings. The maximum atomic E-state index is 12.4. The van der Waals surface area contributed by atoms with E-state index in [2.05, 4.69) is 0 Å². The van der Waals surface area contributed by atoms with Crippen molar-refractivity contribution in [1.29, 1.82) is 0 Å². The first-order valence-electron chi connectivity index (χ1n) is 8.09. The van der Waals surface area contributed by atoms with E-state index in [9.17, 15) is 9.90 Å². The minimum atomic E-state index is -0.368. The highest BCUT2D eigenvalue weighted by molar-refractivity contribution is 5.91. The average Bonchev–Trinajstić information content (AvgIpc) is 3.07. The van der Waals surface area contributed by atoms with Gasteiger partial charge in [-0.25, -0.2) is 0 Å². The Balaban J connectivity index is 1.60. The third-order valence-electron chi connectivity index (χ3n) is 5.19. The number of amides is 1. The lowest BCUT2D eigenvalue weighted by molar-refractivity contribution is -0.208. The molecule has 1 aromatic rings. The molecule has 1 amide bonds. The molecule has 1 aliphatic heterocycles. The van der Waals surface area contributed by atoms with Gasteiger partial charge in [0.25, 0.3) is 5.91 Å². The molecule has 2 fully saturated rings. The molecule has 4 N–H and O–H groups in total. The predicted octanol–water partition coefficient (Wildman–Crippen LogP) is 0.103. The minimum absolute atomic E-state index is 0.0305. The number of nitrogens with two attached hydrogens (primary N) is 1. The molecule has 1 spiro atoms. The summed E-state index contributed by atoms with van der Waals surface area (Å²) in [7, 11) is 0. The summed E-state index contributed by atoms with van der Waals surface area (Å²) in [6.07, 6.45) is 1.73. The zero-order valence-corrected chi connectivity index (χ0v) is 13.1. The van der Waals surface area contributed by atoms with E-state index in [4.69, 9.17) is 20.0 Å². The van der Waals surface area contributed by atoms with Gasteiger partial charge in [0.15, 0.2) is 5.76 Å². The SMILES string of the molecule is NCCO[C@H]1C[C@@H](O)C12CCN(C(=O)c1ccc(CO)o1)CC2. The van der Waals surface area contributed by atoms with Crippen LogP contribution in [0.25, 0.3) is 0 Å². The summed E-state index contributed by atoms with van der Waals surface area (Å²) in [6.45, 7) is 1.88. The van der Waals surface area contributed by atoms with Crippen LogP contribution in [-0.4, -0.2) is 59.5 Å². The topological polar surface area (TPSA) is 109 Å². The molecule has 7 nitrogen and oxygen atoms in total. The van der Waals surface area contributed by atoms with Crippen molar-refractivity contribution in [2.45, 2.75) is 38.1 Å². The zero-order valence-electron chi connectivity index (χ0n) is 13.1. The van der Waals surface area contributed by atoms with Crippen LogP contribution in [0.15, 0.2) is 16.5 Å². The number of aliphatic hydroxyl groups is 2. The average molecular weight is 324 g/mol. The standard InChI is InChI=1S/C16H24N2O5/c17-5-8-22-14-9-13(20)16(14)3-6-18(7-4-16)15(21)12-2-1-11(10-19)23-12/h1-2,13-14,19-20H,3-10,17H2/t13-,14+/m1/s1. The zero-order chi connectivity index (χ0) is 16.4. The third kappa shape index (κ3) is 2.89. The molecule has 3 rings (SSSR count). The summed E-state index contributed by atoms with van der Waals surface area (Å²) in [4.78, 5) is 14.2. The van der Waals surface area contributed by atoms with Crippen LogP contribution in [0.4, 0.5) is 0 Å². The van der Waals surface area contributed by atoms with Crippen molar-refractivity contribution in [3.63, 3.8) is 0 Å². The van der Waals surface area contributed by atoms with E-state index in [1.807, 2.05) is 0 Å². The molecule has 0 radical (unpaired) electrons. The van der Waals surface area contributed by atoms with Crippen LogP contribution in [0.1, 0.15) is 35.6 Å². The van der Waals surface area contributed by atoms with E-state index in [1.54, 1.807) is 17.0 Å². The van der Waals surface area contributed by atoms with E-state index in [-0.39, 0.29) is 35.9 Å². The fraction of sp³-hybridized carbons (Fsp3) is 0.688. The number of piperidine rings is 1. The highest BCUT2D eigenvalue weighted by atomic mass is 16.5. The molecule has 23 heavy (non-hydrogen) atoms. The Morgan fingerprint density at radius 1 is 1.43 bits per heavy atom. The molecule has 1 saturated carbocycles. The summed E-state index contributed by atoms with van der Waals surface area (Å²) >= 11 is 0. The Hall–Kier alpha value is -1.41. The van der Waals surface area contributed by atoms with Gasteiger partial charge >= 0.3 is 0 Å². The summed E-state index contributed by atoms with van der Waals surface area (Å²) in [5, 5.41) is 19.2. The van der Waals surface area contributed by atoms with Gasteiger partial charge in [-0.05, 0) is 25.0 Å². The van der Waals surface area contributed by atoms with Crippen molar-refractivity contribution < 1.29 is 24.2 Å². The van der Waals surface area contributed by atoms with E-state index >= 15 is 0 Å². The fourth-order valence-electron chi connectivity index (χ4n) is 3.69. The highest BCUT2D eigenvalue weighted by Crippen LogP contribution is 2.51. The molecule has 0 aromatic carbocycles. The van der Waals surface area contributed by atoms with Crippen LogP contribution in [0, 0.1) is 5.41 Å². The van der Waals surface area contributed by atoms with Gasteiger partial charge < -0.3 is 30.0 Å². The first-order chi connectivity index (χ1) is 11.1. The predicted molar refractivity (Wildman–Crippen MR) is 81.6 cm³/mol. The lowest BCUT2D eigenvalue weighted by Crippen LogP contribution is -2.62. The molecule has 1 saturated heterocycles. The van der Waals surface area contributed by atoms with Gasteiger partial charge in [0.05, 0.1) is 18.8 Å². The summed E-state index contributed by atoms with van der Waals surface area (Å²) in [5.41, 5.74) is 5.23. The van der Waals surface area contributed by atoms with E-state index in [1.165, 1.54) is 0 Å². The van der Waals surface area contributed by atoms with E-state index in [0.717, 1.165) is 0 Å². The van der Waals surface area contributed by atoms with Crippen LogP contribution >= 0.6 is 0 Å². The number of nitrogens with zero attached hydrogens (tertiary/aromatic N) is 1. The monoisotopic (exact) mass is 324 g/mol. The smallest absolute Gasteiger partial charge is 0.289 e.